The third-order valence-electron chi connectivity index (χ3n) is 4.21. The number of nitrogens with one attached hydrogen (secondary N) is 1. The number of para-hydroxylation sites is 1. The molecule has 2 unspecified atom stereocenters. The van der Waals surface area contributed by atoms with Gasteiger partial charge in [-0.1, -0.05) is 18.2 Å². The second kappa shape index (κ2) is 5.68. The molecule has 1 aromatic carbocycles. The maximum Gasteiger partial charge on any atom is 0.249 e. The number of carbonyl (C=O) groups is 3. The number of anilines is 1. The Morgan fingerprint density at radius 3 is 2.39 bits per heavy atom. The lowest BCUT2D eigenvalue weighted by atomic mass is 9.72. The topological polar surface area (TPSA) is 128 Å². The summed E-state index contributed by atoms with van der Waals surface area (Å²) in [6, 6.07) is 8.47. The zero-order valence-electron chi connectivity index (χ0n) is 12.3. The van der Waals surface area contributed by atoms with Crippen LogP contribution in [0.4, 0.5) is 5.82 Å². The molecule has 1 aliphatic rings. The van der Waals surface area contributed by atoms with Crippen molar-refractivity contribution in [1.29, 1.82) is 0 Å². The number of carbonyl (C=O) groups excluding carboxylic acids is 3. The Labute approximate surface area is 132 Å². The number of hydrogen-bond donors (Lipinski definition) is 3. The van der Waals surface area contributed by atoms with E-state index < -0.39 is 23.7 Å². The third-order valence-corrected chi connectivity index (χ3v) is 4.21. The number of hydrogen-bond acceptors (Lipinski definition) is 4. The number of benzene rings is 1. The van der Waals surface area contributed by atoms with Crippen molar-refractivity contribution in [3.63, 3.8) is 0 Å². The molecule has 0 aliphatic heterocycles. The monoisotopic (exact) mass is 312 g/mol. The van der Waals surface area contributed by atoms with Crippen LogP contribution in [0.2, 0.25) is 0 Å². The summed E-state index contributed by atoms with van der Waals surface area (Å²) in [4.78, 5) is 39.4. The van der Waals surface area contributed by atoms with Gasteiger partial charge in [-0.2, -0.15) is 0 Å². The first-order chi connectivity index (χ1) is 11.0. The van der Waals surface area contributed by atoms with Crippen LogP contribution in [0.5, 0.6) is 0 Å². The summed E-state index contributed by atoms with van der Waals surface area (Å²) in [5.74, 6) is -2.04. The van der Waals surface area contributed by atoms with E-state index in [-0.39, 0.29) is 17.3 Å². The molecule has 1 aromatic heterocycles. The number of nitrogens with zero attached hydrogens (tertiary/aromatic N) is 1. The SMILES string of the molecule is NC(=O)c1cc(NC(=O)C2CCC2C(N)=O)nc2ccccc12. The molecule has 2 aromatic rings. The minimum absolute atomic E-state index is 0.234. The zero-order chi connectivity index (χ0) is 16.6. The number of rotatable bonds is 4. The van der Waals surface area contributed by atoms with Crippen molar-refractivity contribution < 1.29 is 14.4 Å². The van der Waals surface area contributed by atoms with Gasteiger partial charge in [0.1, 0.15) is 5.82 Å². The molecule has 0 spiro atoms. The van der Waals surface area contributed by atoms with Gasteiger partial charge in [-0.3, -0.25) is 14.4 Å². The highest BCUT2D eigenvalue weighted by Gasteiger charge is 2.40. The van der Waals surface area contributed by atoms with Crippen LogP contribution in [0.1, 0.15) is 23.2 Å². The van der Waals surface area contributed by atoms with Crippen molar-refractivity contribution >= 4 is 34.4 Å². The molecule has 1 fully saturated rings. The molecule has 1 heterocycles. The quantitative estimate of drug-likeness (QED) is 0.770. The molecule has 0 radical (unpaired) electrons. The van der Waals surface area contributed by atoms with Crippen LogP contribution in [0.15, 0.2) is 30.3 Å². The summed E-state index contributed by atoms with van der Waals surface area (Å²) in [5, 5.41) is 3.27. The van der Waals surface area contributed by atoms with Crippen LogP contribution < -0.4 is 16.8 Å². The minimum Gasteiger partial charge on any atom is -0.369 e. The maximum atomic E-state index is 12.3. The molecule has 7 heteroatoms. The third kappa shape index (κ3) is 2.73. The molecule has 7 nitrogen and oxygen atoms in total. The summed E-state index contributed by atoms with van der Waals surface area (Å²) in [7, 11) is 0. The maximum absolute atomic E-state index is 12.3. The normalized spacial score (nSPS) is 19.8. The van der Waals surface area contributed by atoms with Crippen molar-refractivity contribution in [2.24, 2.45) is 23.3 Å². The molecular formula is C16H16N4O3. The van der Waals surface area contributed by atoms with Crippen LogP contribution in [-0.2, 0) is 9.59 Å². The molecule has 0 bridgehead atoms. The van der Waals surface area contributed by atoms with E-state index in [9.17, 15) is 14.4 Å². The van der Waals surface area contributed by atoms with Crippen molar-refractivity contribution in [2.75, 3.05) is 5.32 Å². The van der Waals surface area contributed by atoms with Crippen molar-refractivity contribution in [3.8, 4) is 0 Å². The largest absolute Gasteiger partial charge is 0.369 e. The van der Waals surface area contributed by atoms with E-state index >= 15 is 0 Å². The molecule has 5 N–H and O–H groups in total. The molecule has 118 valence electrons. The van der Waals surface area contributed by atoms with Crippen LogP contribution in [0, 0.1) is 11.8 Å². The number of pyridine rings is 1. The first-order valence-corrected chi connectivity index (χ1v) is 7.27. The van der Waals surface area contributed by atoms with Gasteiger partial charge in [0, 0.05) is 17.2 Å². The summed E-state index contributed by atoms with van der Waals surface area (Å²) < 4.78 is 0. The Morgan fingerprint density at radius 2 is 1.78 bits per heavy atom. The Balaban J connectivity index is 1.90. The standard InChI is InChI=1S/C16H16N4O3/c17-14(21)9-5-6-10(9)16(23)20-13-7-11(15(18)22)8-3-1-2-4-12(8)19-13/h1-4,7,9-10H,5-6H2,(H2,17,21)(H2,18,22)(H,19,20,23). The van der Waals surface area contributed by atoms with Crippen LogP contribution in [-0.4, -0.2) is 22.7 Å². The van der Waals surface area contributed by atoms with Gasteiger partial charge in [0.15, 0.2) is 0 Å². The average Bonchev–Trinajstić information content (AvgIpc) is 2.44. The molecule has 2 atom stereocenters. The van der Waals surface area contributed by atoms with Crippen LogP contribution in [0.3, 0.4) is 0 Å². The van der Waals surface area contributed by atoms with Crippen molar-refractivity contribution in [1.82, 2.24) is 4.98 Å². The predicted octanol–water partition coefficient (Wildman–Crippen LogP) is 0.784. The van der Waals surface area contributed by atoms with E-state index in [1.165, 1.54) is 6.07 Å². The lowest BCUT2D eigenvalue weighted by Crippen LogP contribution is -2.44. The molecule has 3 amide bonds. The summed E-state index contributed by atoms with van der Waals surface area (Å²) in [6.07, 6.45) is 1.22. The highest BCUT2D eigenvalue weighted by Crippen LogP contribution is 2.35. The van der Waals surface area contributed by atoms with Crippen molar-refractivity contribution in [3.05, 3.63) is 35.9 Å². The van der Waals surface area contributed by atoms with Gasteiger partial charge in [0.2, 0.25) is 17.7 Å². The lowest BCUT2D eigenvalue weighted by molar-refractivity contribution is -0.135. The predicted molar refractivity (Wildman–Crippen MR) is 84.3 cm³/mol. The fraction of sp³-hybridized carbons (Fsp3) is 0.250. The highest BCUT2D eigenvalue weighted by molar-refractivity contribution is 6.07. The van der Waals surface area contributed by atoms with Gasteiger partial charge in [0.25, 0.3) is 0 Å². The Kier molecular flexibility index (Phi) is 3.69. The molecule has 1 saturated carbocycles. The van der Waals surface area contributed by atoms with Gasteiger partial charge < -0.3 is 16.8 Å². The summed E-state index contributed by atoms with van der Waals surface area (Å²) >= 11 is 0. The summed E-state index contributed by atoms with van der Waals surface area (Å²) in [6.45, 7) is 0. The van der Waals surface area contributed by atoms with Gasteiger partial charge in [-0.05, 0) is 25.0 Å². The number of amides is 3. The first kappa shape index (κ1) is 15.0. The fourth-order valence-corrected chi connectivity index (χ4v) is 2.82. The van der Waals surface area contributed by atoms with Gasteiger partial charge in [-0.25, -0.2) is 4.98 Å². The van der Waals surface area contributed by atoms with E-state index in [0.29, 0.717) is 23.7 Å². The lowest BCUT2D eigenvalue weighted by Gasteiger charge is -2.32. The zero-order valence-corrected chi connectivity index (χ0v) is 12.3. The smallest absolute Gasteiger partial charge is 0.249 e. The molecule has 3 rings (SSSR count). The van der Waals surface area contributed by atoms with Gasteiger partial charge in [0.05, 0.1) is 11.1 Å². The summed E-state index contributed by atoms with van der Waals surface area (Å²) in [5.41, 5.74) is 11.5. The fourth-order valence-electron chi connectivity index (χ4n) is 2.82. The molecule has 0 saturated heterocycles. The van der Waals surface area contributed by atoms with Crippen molar-refractivity contribution in [2.45, 2.75) is 12.8 Å². The van der Waals surface area contributed by atoms with E-state index in [1.54, 1.807) is 24.3 Å². The molecular weight excluding hydrogens is 296 g/mol. The number of primary amides is 2. The second-order valence-electron chi connectivity index (χ2n) is 5.62. The molecule has 23 heavy (non-hydrogen) atoms. The van der Waals surface area contributed by atoms with Crippen LogP contribution in [0.25, 0.3) is 10.9 Å². The second-order valence-corrected chi connectivity index (χ2v) is 5.62. The molecule has 1 aliphatic carbocycles. The average molecular weight is 312 g/mol. The first-order valence-electron chi connectivity index (χ1n) is 7.27. The highest BCUT2D eigenvalue weighted by atomic mass is 16.2. The number of nitrogens with two attached hydrogens (primary N) is 2. The van der Waals surface area contributed by atoms with Gasteiger partial charge in [-0.15, -0.1) is 0 Å². The minimum atomic E-state index is -0.599. The number of aromatic nitrogens is 1. The van der Waals surface area contributed by atoms with E-state index in [2.05, 4.69) is 10.3 Å². The van der Waals surface area contributed by atoms with Gasteiger partial charge >= 0.3 is 0 Å². The Bertz CT molecular complexity index is 818. The number of fused-ring (bicyclic) bond motifs is 1. The van der Waals surface area contributed by atoms with Crippen LogP contribution >= 0.6 is 0 Å². The Morgan fingerprint density at radius 1 is 1.09 bits per heavy atom. The van der Waals surface area contributed by atoms with E-state index in [0.717, 1.165) is 0 Å². The Hall–Kier alpha value is -2.96. The van der Waals surface area contributed by atoms with E-state index in [4.69, 9.17) is 11.5 Å². The van der Waals surface area contributed by atoms with E-state index in [1.807, 2.05) is 0 Å².